The van der Waals surface area contributed by atoms with Crippen LogP contribution in [0, 0.1) is 6.92 Å². The van der Waals surface area contributed by atoms with E-state index >= 15 is 0 Å². The smallest absolute Gasteiger partial charge is 0.0579 e. The van der Waals surface area contributed by atoms with Crippen LogP contribution in [0.4, 0.5) is 11.4 Å². The Kier molecular flexibility index (Phi) is 2.58. The zero-order chi connectivity index (χ0) is 10.7. The first-order valence-corrected chi connectivity index (χ1v) is 4.84. The highest BCUT2D eigenvalue weighted by Crippen LogP contribution is 2.21. The monoisotopic (exact) mass is 202 g/mol. The quantitative estimate of drug-likeness (QED) is 0.666. The number of benzene rings is 1. The summed E-state index contributed by atoms with van der Waals surface area (Å²) in [7, 11) is 0. The second kappa shape index (κ2) is 4.04. The Morgan fingerprint density at radius 2 is 2.27 bits per heavy atom. The lowest BCUT2D eigenvalue weighted by Gasteiger charge is -2.09. The van der Waals surface area contributed by atoms with E-state index in [0.717, 1.165) is 22.6 Å². The first kappa shape index (κ1) is 9.58. The normalized spacial score (nSPS) is 10.2. The Morgan fingerprint density at radius 1 is 1.40 bits per heavy atom. The minimum atomic E-state index is 0.702. The highest BCUT2D eigenvalue weighted by Gasteiger charge is 2.00. The van der Waals surface area contributed by atoms with Crippen molar-refractivity contribution >= 4 is 11.4 Å². The molecule has 0 unspecified atom stereocenters. The fourth-order valence-corrected chi connectivity index (χ4v) is 1.41. The Balaban J connectivity index is 2.08. The standard InChI is InChI=1S/C11H14N4/c1-8-3-2-4-10(11(8)12)13-7-9-5-6-14-15-9/h2-6,13H,7,12H2,1H3,(H,14,15). The van der Waals surface area contributed by atoms with Gasteiger partial charge in [-0.15, -0.1) is 0 Å². The van der Waals surface area contributed by atoms with Crippen molar-refractivity contribution in [1.29, 1.82) is 0 Å². The molecule has 2 aromatic rings. The molecule has 0 amide bonds. The fourth-order valence-electron chi connectivity index (χ4n) is 1.41. The zero-order valence-corrected chi connectivity index (χ0v) is 8.62. The van der Waals surface area contributed by atoms with Crippen molar-refractivity contribution in [3.05, 3.63) is 41.7 Å². The van der Waals surface area contributed by atoms with Crippen LogP contribution < -0.4 is 11.1 Å². The van der Waals surface area contributed by atoms with E-state index in [0.29, 0.717) is 6.54 Å². The number of anilines is 2. The van der Waals surface area contributed by atoms with Crippen LogP contribution in [-0.2, 0) is 6.54 Å². The molecule has 0 aliphatic carbocycles. The Bertz CT molecular complexity index is 434. The lowest BCUT2D eigenvalue weighted by Crippen LogP contribution is -2.03. The van der Waals surface area contributed by atoms with E-state index in [1.807, 2.05) is 31.2 Å². The molecular weight excluding hydrogens is 188 g/mol. The summed E-state index contributed by atoms with van der Waals surface area (Å²) in [6.07, 6.45) is 1.73. The molecule has 0 aliphatic rings. The van der Waals surface area contributed by atoms with Gasteiger partial charge in [0.05, 0.1) is 23.6 Å². The van der Waals surface area contributed by atoms with E-state index in [4.69, 9.17) is 5.73 Å². The molecule has 15 heavy (non-hydrogen) atoms. The molecule has 1 heterocycles. The first-order chi connectivity index (χ1) is 7.27. The zero-order valence-electron chi connectivity index (χ0n) is 8.62. The molecule has 0 radical (unpaired) electrons. The predicted octanol–water partition coefficient (Wildman–Crippen LogP) is 1.91. The van der Waals surface area contributed by atoms with Crippen molar-refractivity contribution in [2.75, 3.05) is 11.1 Å². The summed E-state index contributed by atoms with van der Waals surface area (Å²) >= 11 is 0. The molecule has 1 aromatic carbocycles. The van der Waals surface area contributed by atoms with Crippen LogP contribution >= 0.6 is 0 Å². The summed E-state index contributed by atoms with van der Waals surface area (Å²) in [6, 6.07) is 7.88. The minimum Gasteiger partial charge on any atom is -0.397 e. The van der Waals surface area contributed by atoms with Crippen LogP contribution in [0.15, 0.2) is 30.5 Å². The van der Waals surface area contributed by atoms with E-state index < -0.39 is 0 Å². The van der Waals surface area contributed by atoms with Crippen molar-refractivity contribution in [3.8, 4) is 0 Å². The molecule has 4 nitrogen and oxygen atoms in total. The number of hydrogen-bond acceptors (Lipinski definition) is 3. The van der Waals surface area contributed by atoms with Gasteiger partial charge >= 0.3 is 0 Å². The van der Waals surface area contributed by atoms with Gasteiger partial charge in [0.15, 0.2) is 0 Å². The van der Waals surface area contributed by atoms with E-state index in [1.54, 1.807) is 6.20 Å². The highest BCUT2D eigenvalue weighted by atomic mass is 15.1. The van der Waals surface area contributed by atoms with Crippen LogP contribution in [0.1, 0.15) is 11.3 Å². The number of aromatic nitrogens is 2. The Labute approximate surface area is 88.5 Å². The number of nitrogens with two attached hydrogens (primary N) is 1. The van der Waals surface area contributed by atoms with Crippen LogP contribution in [0.3, 0.4) is 0 Å². The van der Waals surface area contributed by atoms with Crippen molar-refractivity contribution < 1.29 is 0 Å². The summed E-state index contributed by atoms with van der Waals surface area (Å²) in [5, 5.41) is 10.0. The van der Waals surface area contributed by atoms with Crippen LogP contribution in [-0.4, -0.2) is 10.2 Å². The number of hydrogen-bond donors (Lipinski definition) is 3. The minimum absolute atomic E-state index is 0.702. The van der Waals surface area contributed by atoms with Gasteiger partial charge in [0.25, 0.3) is 0 Å². The molecule has 2 rings (SSSR count). The van der Waals surface area contributed by atoms with Gasteiger partial charge in [-0.05, 0) is 24.6 Å². The SMILES string of the molecule is Cc1cccc(NCc2ccn[nH]2)c1N. The van der Waals surface area contributed by atoms with Crippen molar-refractivity contribution in [1.82, 2.24) is 10.2 Å². The number of para-hydroxylation sites is 1. The third kappa shape index (κ3) is 2.10. The number of aromatic amines is 1. The summed E-state index contributed by atoms with van der Waals surface area (Å²) in [5.41, 5.74) is 9.82. The molecule has 78 valence electrons. The predicted molar refractivity (Wildman–Crippen MR) is 61.5 cm³/mol. The van der Waals surface area contributed by atoms with Gasteiger partial charge in [0.2, 0.25) is 0 Å². The van der Waals surface area contributed by atoms with E-state index in [1.165, 1.54) is 0 Å². The maximum Gasteiger partial charge on any atom is 0.0579 e. The fraction of sp³-hybridized carbons (Fsp3) is 0.182. The molecule has 0 aliphatic heterocycles. The first-order valence-electron chi connectivity index (χ1n) is 4.84. The molecule has 0 saturated heterocycles. The average Bonchev–Trinajstić information content (AvgIpc) is 2.73. The van der Waals surface area contributed by atoms with Gasteiger partial charge < -0.3 is 11.1 Å². The number of aryl methyl sites for hydroxylation is 1. The van der Waals surface area contributed by atoms with Crippen LogP contribution in [0.25, 0.3) is 0 Å². The topological polar surface area (TPSA) is 66.7 Å². The van der Waals surface area contributed by atoms with E-state index in [2.05, 4.69) is 15.5 Å². The third-order valence-corrected chi connectivity index (χ3v) is 2.35. The maximum atomic E-state index is 5.93. The Morgan fingerprint density at radius 3 is 3.00 bits per heavy atom. The molecule has 0 bridgehead atoms. The molecule has 1 aromatic heterocycles. The lowest BCUT2D eigenvalue weighted by atomic mass is 10.2. The Hall–Kier alpha value is -1.97. The molecule has 0 fully saturated rings. The van der Waals surface area contributed by atoms with Crippen molar-refractivity contribution in [3.63, 3.8) is 0 Å². The molecule has 4 heteroatoms. The third-order valence-electron chi connectivity index (χ3n) is 2.35. The molecule has 0 atom stereocenters. The van der Waals surface area contributed by atoms with Gasteiger partial charge in [-0.1, -0.05) is 12.1 Å². The molecule has 0 saturated carbocycles. The second-order valence-corrected chi connectivity index (χ2v) is 3.47. The molecule has 4 N–H and O–H groups in total. The maximum absolute atomic E-state index is 5.93. The van der Waals surface area contributed by atoms with Gasteiger partial charge in [0, 0.05) is 6.20 Å². The van der Waals surface area contributed by atoms with Gasteiger partial charge in [-0.3, -0.25) is 5.10 Å². The number of nitrogen functional groups attached to an aromatic ring is 1. The number of nitrogens with zero attached hydrogens (tertiary/aromatic N) is 1. The van der Waals surface area contributed by atoms with Gasteiger partial charge in [0.1, 0.15) is 0 Å². The largest absolute Gasteiger partial charge is 0.397 e. The summed E-state index contributed by atoms with van der Waals surface area (Å²) in [4.78, 5) is 0. The molecular formula is C11H14N4. The lowest BCUT2D eigenvalue weighted by molar-refractivity contribution is 0.982. The van der Waals surface area contributed by atoms with Gasteiger partial charge in [-0.25, -0.2) is 0 Å². The second-order valence-electron chi connectivity index (χ2n) is 3.47. The summed E-state index contributed by atoms with van der Waals surface area (Å²) in [6.45, 7) is 2.70. The van der Waals surface area contributed by atoms with Crippen LogP contribution in [0.5, 0.6) is 0 Å². The number of H-pyrrole nitrogens is 1. The molecule has 0 spiro atoms. The van der Waals surface area contributed by atoms with Crippen molar-refractivity contribution in [2.45, 2.75) is 13.5 Å². The van der Waals surface area contributed by atoms with Crippen molar-refractivity contribution in [2.24, 2.45) is 0 Å². The highest BCUT2D eigenvalue weighted by molar-refractivity contribution is 5.69. The average molecular weight is 202 g/mol. The summed E-state index contributed by atoms with van der Waals surface area (Å²) in [5.74, 6) is 0. The van der Waals surface area contributed by atoms with E-state index in [-0.39, 0.29) is 0 Å². The van der Waals surface area contributed by atoms with E-state index in [9.17, 15) is 0 Å². The number of nitrogens with one attached hydrogen (secondary N) is 2. The number of rotatable bonds is 3. The van der Waals surface area contributed by atoms with Gasteiger partial charge in [-0.2, -0.15) is 5.10 Å². The summed E-state index contributed by atoms with van der Waals surface area (Å²) < 4.78 is 0. The van der Waals surface area contributed by atoms with Crippen LogP contribution in [0.2, 0.25) is 0 Å².